The van der Waals surface area contributed by atoms with Crippen LogP contribution in [0.4, 0.5) is 0 Å². The predicted molar refractivity (Wildman–Crippen MR) is 104 cm³/mol. The number of likely N-dealkylation sites (tertiary alicyclic amines) is 1. The lowest BCUT2D eigenvalue weighted by molar-refractivity contribution is -0.140. The number of carbonyl (C=O) groups excluding carboxylic acids is 2. The molecule has 0 bridgehead atoms. The van der Waals surface area contributed by atoms with E-state index in [2.05, 4.69) is 0 Å². The number of likely N-dealkylation sites (N-methyl/N-ethyl adjacent to an activating group) is 1. The van der Waals surface area contributed by atoms with E-state index in [1.807, 2.05) is 36.5 Å². The van der Waals surface area contributed by atoms with Crippen molar-refractivity contribution < 1.29 is 24.2 Å². The number of ketones is 1. The number of aliphatic hydroxyl groups is 1. The van der Waals surface area contributed by atoms with Crippen LogP contribution < -0.4 is 9.47 Å². The average molecular weight is 400 g/mol. The largest absolute Gasteiger partial charge is 0.507 e. The zero-order valence-electron chi connectivity index (χ0n) is 15.5. The number of aliphatic hydroxyl groups excluding tert-OH is 1. The zero-order chi connectivity index (χ0) is 19.8. The molecule has 1 amide bonds. The van der Waals surface area contributed by atoms with E-state index >= 15 is 0 Å². The molecule has 146 valence electrons. The number of benzene rings is 1. The van der Waals surface area contributed by atoms with Gasteiger partial charge >= 0.3 is 0 Å². The molecule has 1 saturated heterocycles. The lowest BCUT2D eigenvalue weighted by atomic mass is 9.99. The summed E-state index contributed by atoms with van der Waals surface area (Å²) in [5, 5.41) is 12.9. The van der Waals surface area contributed by atoms with Crippen LogP contribution in [0.1, 0.15) is 16.5 Å². The van der Waals surface area contributed by atoms with Gasteiger partial charge < -0.3 is 24.4 Å². The van der Waals surface area contributed by atoms with Crippen molar-refractivity contribution in [3.63, 3.8) is 0 Å². The zero-order valence-corrected chi connectivity index (χ0v) is 16.4. The Morgan fingerprint density at radius 1 is 1.25 bits per heavy atom. The molecular formula is C20H20N2O5S. The first-order chi connectivity index (χ1) is 13.5. The lowest BCUT2D eigenvalue weighted by Gasteiger charge is -2.25. The Hall–Kier alpha value is -2.84. The van der Waals surface area contributed by atoms with Crippen LogP contribution in [0.3, 0.4) is 0 Å². The predicted octanol–water partition coefficient (Wildman–Crippen LogP) is 2.46. The number of amides is 1. The number of fused-ring (bicyclic) bond motifs is 1. The summed E-state index contributed by atoms with van der Waals surface area (Å²) < 4.78 is 10.7. The first-order valence-electron chi connectivity index (χ1n) is 8.84. The van der Waals surface area contributed by atoms with E-state index in [1.165, 1.54) is 16.2 Å². The number of hydrogen-bond acceptors (Lipinski definition) is 7. The molecule has 0 unspecified atom stereocenters. The Bertz CT molecular complexity index is 952. The van der Waals surface area contributed by atoms with Gasteiger partial charge in [-0.15, -0.1) is 11.3 Å². The molecule has 1 atom stereocenters. The van der Waals surface area contributed by atoms with E-state index in [0.29, 0.717) is 30.2 Å². The van der Waals surface area contributed by atoms with Gasteiger partial charge in [0.1, 0.15) is 5.76 Å². The molecular weight excluding hydrogens is 380 g/mol. The summed E-state index contributed by atoms with van der Waals surface area (Å²) in [6.07, 6.45) is 0. The van der Waals surface area contributed by atoms with Gasteiger partial charge in [-0.25, -0.2) is 0 Å². The van der Waals surface area contributed by atoms with Crippen molar-refractivity contribution in [3.05, 3.63) is 51.7 Å². The molecule has 7 nitrogen and oxygen atoms in total. The second-order valence-electron chi connectivity index (χ2n) is 6.88. The molecule has 0 aliphatic carbocycles. The number of hydrogen-bond donors (Lipinski definition) is 1. The third-order valence-corrected chi connectivity index (χ3v) is 5.71. The molecule has 0 spiro atoms. The number of thiophene rings is 1. The monoisotopic (exact) mass is 400 g/mol. The average Bonchev–Trinajstić information content (AvgIpc) is 3.40. The summed E-state index contributed by atoms with van der Waals surface area (Å²) in [6, 6.07) is 8.09. The van der Waals surface area contributed by atoms with Crippen molar-refractivity contribution in [3.8, 4) is 11.5 Å². The second-order valence-corrected chi connectivity index (χ2v) is 7.86. The number of carbonyl (C=O) groups is 2. The minimum atomic E-state index is -0.674. The summed E-state index contributed by atoms with van der Waals surface area (Å²) in [5.41, 5.74) is 0.515. The van der Waals surface area contributed by atoms with Crippen LogP contribution in [0.2, 0.25) is 0 Å². The highest BCUT2D eigenvalue weighted by Crippen LogP contribution is 2.42. The molecule has 3 heterocycles. The van der Waals surface area contributed by atoms with Crippen LogP contribution in [0.25, 0.3) is 5.76 Å². The number of rotatable bonds is 5. The Balaban J connectivity index is 1.79. The molecule has 1 fully saturated rings. The SMILES string of the molecule is CN(C)CCN1C(=O)C(=O)C(=C(O)c2ccc3c(c2)OCO3)[C@@H]1c1cccs1. The first-order valence-corrected chi connectivity index (χ1v) is 9.72. The molecule has 0 saturated carbocycles. The van der Waals surface area contributed by atoms with Crippen molar-refractivity contribution in [1.29, 1.82) is 0 Å². The maximum atomic E-state index is 12.8. The number of nitrogens with zero attached hydrogens (tertiary/aromatic N) is 2. The lowest BCUT2D eigenvalue weighted by Crippen LogP contribution is -2.35. The van der Waals surface area contributed by atoms with Gasteiger partial charge in [-0.3, -0.25) is 9.59 Å². The molecule has 2 aromatic rings. The van der Waals surface area contributed by atoms with Gasteiger partial charge in [-0.05, 0) is 43.7 Å². The highest BCUT2D eigenvalue weighted by atomic mass is 32.1. The molecule has 1 aromatic carbocycles. The van der Waals surface area contributed by atoms with E-state index in [4.69, 9.17) is 9.47 Å². The third kappa shape index (κ3) is 3.14. The number of ether oxygens (including phenoxy) is 2. The normalized spacial score (nSPS) is 20.4. The fourth-order valence-corrected chi connectivity index (χ4v) is 4.21. The van der Waals surface area contributed by atoms with Gasteiger partial charge in [0, 0.05) is 23.5 Å². The fourth-order valence-electron chi connectivity index (χ4n) is 3.36. The second kappa shape index (κ2) is 7.29. The maximum absolute atomic E-state index is 12.8. The molecule has 1 aromatic heterocycles. The third-order valence-electron chi connectivity index (χ3n) is 4.79. The molecule has 0 radical (unpaired) electrons. The van der Waals surface area contributed by atoms with Gasteiger partial charge in [-0.2, -0.15) is 0 Å². The van der Waals surface area contributed by atoms with Crippen LogP contribution in [-0.4, -0.2) is 60.6 Å². The molecule has 2 aliphatic heterocycles. The molecule has 1 N–H and O–H groups in total. The minimum absolute atomic E-state index is 0.102. The van der Waals surface area contributed by atoms with E-state index in [-0.39, 0.29) is 18.1 Å². The summed E-state index contributed by atoms with van der Waals surface area (Å²) in [7, 11) is 3.81. The van der Waals surface area contributed by atoms with Gasteiger partial charge in [0.15, 0.2) is 11.5 Å². The van der Waals surface area contributed by atoms with Crippen LogP contribution in [0.5, 0.6) is 11.5 Å². The van der Waals surface area contributed by atoms with Crippen LogP contribution >= 0.6 is 11.3 Å². The van der Waals surface area contributed by atoms with Crippen LogP contribution in [0.15, 0.2) is 41.3 Å². The van der Waals surface area contributed by atoms with Crippen molar-refractivity contribution in [2.45, 2.75) is 6.04 Å². The summed E-state index contributed by atoms with van der Waals surface area (Å²) in [4.78, 5) is 29.9. The first kappa shape index (κ1) is 18.5. The van der Waals surface area contributed by atoms with Gasteiger partial charge in [0.2, 0.25) is 6.79 Å². The summed E-state index contributed by atoms with van der Waals surface area (Å²) in [5.74, 6) is -0.395. The fraction of sp³-hybridized carbons (Fsp3) is 0.300. The highest BCUT2D eigenvalue weighted by molar-refractivity contribution is 7.10. The Morgan fingerprint density at radius 3 is 2.75 bits per heavy atom. The van der Waals surface area contributed by atoms with E-state index in [0.717, 1.165) is 4.88 Å². The molecule has 4 rings (SSSR count). The highest BCUT2D eigenvalue weighted by Gasteiger charge is 2.46. The molecule has 2 aliphatic rings. The number of Topliss-reactive ketones (excluding diaryl/α,β-unsaturated/α-hetero) is 1. The molecule has 28 heavy (non-hydrogen) atoms. The van der Waals surface area contributed by atoms with Crippen molar-refractivity contribution in [2.24, 2.45) is 0 Å². The minimum Gasteiger partial charge on any atom is -0.507 e. The van der Waals surface area contributed by atoms with E-state index < -0.39 is 17.7 Å². The van der Waals surface area contributed by atoms with E-state index in [9.17, 15) is 14.7 Å². The molecule has 8 heteroatoms. The van der Waals surface area contributed by atoms with Gasteiger partial charge in [0.05, 0.1) is 11.6 Å². The van der Waals surface area contributed by atoms with Crippen molar-refractivity contribution >= 4 is 28.8 Å². The van der Waals surface area contributed by atoms with Crippen molar-refractivity contribution in [2.75, 3.05) is 34.0 Å². The van der Waals surface area contributed by atoms with Crippen LogP contribution in [-0.2, 0) is 9.59 Å². The standard InChI is InChI=1S/C20H20N2O5S/c1-21(2)7-8-22-17(15-4-3-9-28-15)16(19(24)20(22)25)18(23)12-5-6-13-14(10-12)27-11-26-13/h3-6,9-10,17,23H,7-8,11H2,1-2H3/t17-/m0/s1. The van der Waals surface area contributed by atoms with Gasteiger partial charge in [0.25, 0.3) is 11.7 Å². The Morgan fingerprint density at radius 2 is 2.04 bits per heavy atom. The van der Waals surface area contributed by atoms with E-state index in [1.54, 1.807) is 18.2 Å². The maximum Gasteiger partial charge on any atom is 0.295 e. The van der Waals surface area contributed by atoms with Gasteiger partial charge in [-0.1, -0.05) is 6.07 Å². The van der Waals surface area contributed by atoms with Crippen molar-refractivity contribution in [1.82, 2.24) is 9.80 Å². The smallest absolute Gasteiger partial charge is 0.295 e. The topological polar surface area (TPSA) is 79.3 Å². The van der Waals surface area contributed by atoms with Crippen LogP contribution in [0, 0.1) is 0 Å². The Labute approximate surface area is 166 Å². The summed E-state index contributed by atoms with van der Waals surface area (Å²) >= 11 is 1.45. The summed E-state index contributed by atoms with van der Waals surface area (Å²) in [6.45, 7) is 1.11. The Kier molecular flexibility index (Phi) is 4.82. The quantitative estimate of drug-likeness (QED) is 0.472.